The Hall–Kier alpha value is -2.52. The smallest absolute Gasteiger partial charge is 0.339 e. The summed E-state index contributed by atoms with van der Waals surface area (Å²) in [5.74, 6) is -0.409. The number of hydrogen-bond acceptors (Lipinski definition) is 6. The first-order valence-corrected chi connectivity index (χ1v) is 11.1. The minimum absolute atomic E-state index is 0.225. The summed E-state index contributed by atoms with van der Waals surface area (Å²) in [7, 11) is -3.55. The molecule has 0 unspecified atom stereocenters. The van der Waals surface area contributed by atoms with Crippen LogP contribution in [0.1, 0.15) is 29.3 Å². The number of nitrogens with zero attached hydrogens (tertiary/aromatic N) is 3. The zero-order valence-electron chi connectivity index (χ0n) is 16.3. The number of anilines is 1. The SMILES string of the molecule is CCOC(=O)c1ccc(N2CCCN(S(=O)(=O)Cc3cccc(F)c3)CC2)nc1. The highest BCUT2D eigenvalue weighted by molar-refractivity contribution is 7.88. The van der Waals surface area contributed by atoms with E-state index in [-0.39, 0.29) is 5.75 Å². The number of rotatable bonds is 6. The van der Waals surface area contributed by atoms with Gasteiger partial charge in [-0.15, -0.1) is 0 Å². The summed E-state index contributed by atoms with van der Waals surface area (Å²) in [6.45, 7) is 3.89. The minimum Gasteiger partial charge on any atom is -0.462 e. The van der Waals surface area contributed by atoms with Gasteiger partial charge in [-0.25, -0.2) is 22.6 Å². The molecule has 0 amide bonds. The maximum absolute atomic E-state index is 13.4. The number of carbonyl (C=O) groups is 1. The van der Waals surface area contributed by atoms with Gasteiger partial charge in [-0.2, -0.15) is 4.31 Å². The van der Waals surface area contributed by atoms with Crippen molar-refractivity contribution in [2.45, 2.75) is 19.1 Å². The van der Waals surface area contributed by atoms with Crippen LogP contribution in [0.2, 0.25) is 0 Å². The third-order valence-electron chi connectivity index (χ3n) is 4.67. The van der Waals surface area contributed by atoms with Crippen LogP contribution in [-0.4, -0.2) is 56.5 Å². The highest BCUT2D eigenvalue weighted by Crippen LogP contribution is 2.18. The molecule has 1 aromatic heterocycles. The van der Waals surface area contributed by atoms with Crippen LogP contribution in [0.3, 0.4) is 0 Å². The van der Waals surface area contributed by atoms with Crippen LogP contribution in [0.4, 0.5) is 10.2 Å². The van der Waals surface area contributed by atoms with Gasteiger partial charge in [-0.05, 0) is 43.2 Å². The predicted molar refractivity (Wildman–Crippen MR) is 108 cm³/mol. The monoisotopic (exact) mass is 421 g/mol. The highest BCUT2D eigenvalue weighted by atomic mass is 32.2. The molecule has 0 N–H and O–H groups in total. The molecule has 7 nitrogen and oxygen atoms in total. The predicted octanol–water partition coefficient (Wildman–Crippen LogP) is 2.44. The Morgan fingerprint density at radius 1 is 1.17 bits per heavy atom. The van der Waals surface area contributed by atoms with Crippen molar-refractivity contribution < 1.29 is 22.3 Å². The minimum atomic E-state index is -3.55. The summed E-state index contributed by atoms with van der Waals surface area (Å²) in [5.41, 5.74) is 0.812. The largest absolute Gasteiger partial charge is 0.462 e. The normalized spacial score (nSPS) is 15.7. The zero-order valence-corrected chi connectivity index (χ0v) is 17.1. The quantitative estimate of drug-likeness (QED) is 0.667. The number of sulfonamides is 1. The lowest BCUT2D eigenvalue weighted by molar-refractivity contribution is 0.0526. The maximum atomic E-state index is 13.4. The van der Waals surface area contributed by atoms with Crippen LogP contribution < -0.4 is 4.90 Å². The molecule has 1 saturated heterocycles. The second-order valence-electron chi connectivity index (χ2n) is 6.75. The van der Waals surface area contributed by atoms with E-state index in [4.69, 9.17) is 4.74 Å². The van der Waals surface area contributed by atoms with E-state index in [2.05, 4.69) is 4.98 Å². The fraction of sp³-hybridized carbons (Fsp3) is 0.400. The van der Waals surface area contributed by atoms with Gasteiger partial charge in [0.1, 0.15) is 11.6 Å². The van der Waals surface area contributed by atoms with Gasteiger partial charge in [0.15, 0.2) is 0 Å². The number of esters is 1. The van der Waals surface area contributed by atoms with Crippen molar-refractivity contribution in [3.05, 3.63) is 59.5 Å². The van der Waals surface area contributed by atoms with E-state index >= 15 is 0 Å². The van der Waals surface area contributed by atoms with Gasteiger partial charge in [-0.1, -0.05) is 12.1 Å². The van der Waals surface area contributed by atoms with Crippen LogP contribution in [0.5, 0.6) is 0 Å². The van der Waals surface area contributed by atoms with E-state index in [0.29, 0.717) is 56.2 Å². The number of benzene rings is 1. The van der Waals surface area contributed by atoms with Gasteiger partial charge in [0.25, 0.3) is 0 Å². The van der Waals surface area contributed by atoms with Crippen LogP contribution in [0.25, 0.3) is 0 Å². The van der Waals surface area contributed by atoms with Crippen LogP contribution in [-0.2, 0) is 20.5 Å². The van der Waals surface area contributed by atoms with E-state index in [0.717, 1.165) is 0 Å². The molecule has 0 saturated carbocycles. The molecule has 0 bridgehead atoms. The molecule has 1 fully saturated rings. The Balaban J connectivity index is 1.64. The van der Waals surface area contributed by atoms with Gasteiger partial charge >= 0.3 is 5.97 Å². The number of halogens is 1. The van der Waals surface area contributed by atoms with Crippen LogP contribution in [0, 0.1) is 5.82 Å². The Morgan fingerprint density at radius 2 is 2.00 bits per heavy atom. The van der Waals surface area contributed by atoms with E-state index < -0.39 is 21.8 Å². The molecule has 156 valence electrons. The number of pyridine rings is 1. The maximum Gasteiger partial charge on any atom is 0.339 e. The molecule has 9 heteroatoms. The second kappa shape index (κ2) is 9.32. The van der Waals surface area contributed by atoms with Gasteiger partial charge in [0.2, 0.25) is 10.0 Å². The third-order valence-corrected chi connectivity index (χ3v) is 6.52. The Kier molecular flexibility index (Phi) is 6.81. The van der Waals surface area contributed by atoms with Gasteiger partial charge < -0.3 is 9.64 Å². The lowest BCUT2D eigenvalue weighted by atomic mass is 10.2. The van der Waals surface area contributed by atoms with Crippen molar-refractivity contribution in [1.82, 2.24) is 9.29 Å². The molecular weight excluding hydrogens is 397 g/mol. The number of carbonyl (C=O) groups excluding carboxylic acids is 1. The molecule has 1 aliphatic heterocycles. The highest BCUT2D eigenvalue weighted by Gasteiger charge is 2.26. The van der Waals surface area contributed by atoms with Crippen LogP contribution in [0.15, 0.2) is 42.6 Å². The number of hydrogen-bond donors (Lipinski definition) is 0. The first kappa shape index (κ1) is 21.2. The Bertz CT molecular complexity index is 950. The summed E-state index contributed by atoms with van der Waals surface area (Å²) >= 11 is 0. The molecule has 0 radical (unpaired) electrons. The van der Waals surface area contributed by atoms with Crippen molar-refractivity contribution in [1.29, 1.82) is 0 Å². The van der Waals surface area contributed by atoms with Gasteiger partial charge in [-0.3, -0.25) is 0 Å². The van der Waals surface area contributed by atoms with E-state index in [9.17, 15) is 17.6 Å². The second-order valence-corrected chi connectivity index (χ2v) is 8.72. The molecule has 3 rings (SSSR count). The average Bonchev–Trinajstić information content (AvgIpc) is 2.95. The summed E-state index contributed by atoms with van der Waals surface area (Å²) in [4.78, 5) is 18.1. The molecule has 0 atom stereocenters. The van der Waals surface area contributed by atoms with Crippen LogP contribution >= 0.6 is 0 Å². The first-order chi connectivity index (χ1) is 13.9. The lowest BCUT2D eigenvalue weighted by Gasteiger charge is -2.22. The average molecular weight is 421 g/mol. The molecule has 0 spiro atoms. The Labute approximate surface area is 170 Å². The van der Waals surface area contributed by atoms with Gasteiger partial charge in [0.05, 0.1) is 17.9 Å². The first-order valence-electron chi connectivity index (χ1n) is 9.49. The zero-order chi connectivity index (χ0) is 20.9. The summed E-state index contributed by atoms with van der Waals surface area (Å²) in [6.07, 6.45) is 2.11. The summed E-state index contributed by atoms with van der Waals surface area (Å²) < 4.78 is 45.3. The topological polar surface area (TPSA) is 79.8 Å². The fourth-order valence-electron chi connectivity index (χ4n) is 3.24. The third kappa shape index (κ3) is 5.51. The van der Waals surface area contributed by atoms with Crippen molar-refractivity contribution in [3.63, 3.8) is 0 Å². The number of aromatic nitrogens is 1. The van der Waals surface area contributed by atoms with Crippen molar-refractivity contribution in [2.75, 3.05) is 37.7 Å². The number of ether oxygens (including phenoxy) is 1. The van der Waals surface area contributed by atoms with Crippen molar-refractivity contribution in [2.24, 2.45) is 0 Å². The molecule has 1 aliphatic rings. The summed E-state index contributed by atoms with van der Waals surface area (Å²) in [6, 6.07) is 9.05. The fourth-order valence-corrected chi connectivity index (χ4v) is 4.79. The molecule has 29 heavy (non-hydrogen) atoms. The Morgan fingerprint density at radius 3 is 2.69 bits per heavy atom. The van der Waals surface area contributed by atoms with Crippen molar-refractivity contribution >= 4 is 21.8 Å². The molecule has 1 aromatic carbocycles. The molecule has 2 heterocycles. The van der Waals surface area contributed by atoms with E-state index in [1.165, 1.54) is 28.7 Å². The summed E-state index contributed by atoms with van der Waals surface area (Å²) in [5, 5.41) is 0. The molecular formula is C20H24FN3O4S. The van der Waals surface area contributed by atoms with Crippen molar-refractivity contribution in [3.8, 4) is 0 Å². The standard InChI is InChI=1S/C20H24FN3O4S/c1-2-28-20(25)17-7-8-19(22-14-17)23-9-4-10-24(12-11-23)29(26,27)15-16-5-3-6-18(21)13-16/h3,5-8,13-14H,2,4,9-12,15H2,1H3. The van der Waals surface area contributed by atoms with Gasteiger partial charge in [0, 0.05) is 32.4 Å². The van der Waals surface area contributed by atoms with E-state index in [1.807, 2.05) is 4.90 Å². The lowest BCUT2D eigenvalue weighted by Crippen LogP contribution is -2.36. The molecule has 2 aromatic rings. The van der Waals surface area contributed by atoms with E-state index in [1.54, 1.807) is 25.1 Å². The molecule has 0 aliphatic carbocycles.